The predicted octanol–water partition coefficient (Wildman–Crippen LogP) is 10.7. The fraction of sp³-hybridized carbons (Fsp3) is 0.103. The van der Waals surface area contributed by atoms with E-state index in [1.165, 1.54) is 38.1 Å². The fourth-order valence-corrected chi connectivity index (χ4v) is 7.04. The molecule has 1 atom stereocenters. The van der Waals surface area contributed by atoms with E-state index >= 15 is 0 Å². The normalized spacial score (nSPS) is 16.4. The van der Waals surface area contributed by atoms with Gasteiger partial charge in [0, 0.05) is 17.8 Å². The van der Waals surface area contributed by atoms with Crippen molar-refractivity contribution in [1.82, 2.24) is 4.98 Å². The van der Waals surface area contributed by atoms with E-state index in [2.05, 4.69) is 164 Å². The Labute approximate surface area is 251 Å². The molecule has 204 valence electrons. The van der Waals surface area contributed by atoms with E-state index in [1.54, 1.807) is 11.3 Å². The first-order valence-corrected chi connectivity index (χ1v) is 15.3. The maximum atomic E-state index is 5.27. The lowest BCUT2D eigenvalue weighted by Crippen LogP contribution is -2.42. The van der Waals surface area contributed by atoms with E-state index in [4.69, 9.17) is 4.98 Å². The van der Waals surface area contributed by atoms with Crippen LogP contribution in [-0.4, -0.2) is 4.98 Å². The Morgan fingerprint density at radius 3 is 1.86 bits per heavy atom. The highest BCUT2D eigenvalue weighted by Gasteiger charge is 2.41. The van der Waals surface area contributed by atoms with Gasteiger partial charge in [-0.25, -0.2) is 4.98 Å². The Morgan fingerprint density at radius 2 is 1.24 bits per heavy atom. The third-order valence-corrected chi connectivity index (χ3v) is 9.35. The van der Waals surface area contributed by atoms with Crippen LogP contribution in [0.3, 0.4) is 0 Å². The zero-order chi connectivity index (χ0) is 28.5. The number of aryl methyl sites for hydroxylation is 2. The minimum Gasteiger partial charge on any atom is -0.325 e. The lowest BCUT2D eigenvalue weighted by Gasteiger charge is -2.43. The molecule has 0 amide bonds. The van der Waals surface area contributed by atoms with E-state index in [1.807, 2.05) is 0 Å². The van der Waals surface area contributed by atoms with Gasteiger partial charge in [0.15, 0.2) is 0 Å². The monoisotopic (exact) mass is 560 g/mol. The number of allylic oxidation sites excluding steroid dienone is 2. The molecule has 5 aromatic carbocycles. The molecule has 1 aromatic heterocycles. The maximum Gasteiger partial charge on any atom is 0.124 e. The number of aromatic nitrogens is 1. The number of nitrogens with zero attached hydrogens (tertiary/aromatic N) is 2. The molecule has 0 bridgehead atoms. The van der Waals surface area contributed by atoms with Crippen LogP contribution in [0.2, 0.25) is 0 Å². The Morgan fingerprint density at radius 1 is 0.643 bits per heavy atom. The van der Waals surface area contributed by atoms with Crippen molar-refractivity contribution in [3.63, 3.8) is 0 Å². The molecular formula is C39H32N2S. The second kappa shape index (κ2) is 10.9. The van der Waals surface area contributed by atoms with Crippen molar-refractivity contribution in [2.75, 3.05) is 4.90 Å². The van der Waals surface area contributed by atoms with Gasteiger partial charge in [-0.05, 0) is 72.5 Å². The van der Waals surface area contributed by atoms with E-state index in [0.717, 1.165) is 28.3 Å². The number of benzene rings is 5. The number of para-hydroxylation sites is 1. The Kier molecular flexibility index (Phi) is 6.81. The van der Waals surface area contributed by atoms with Gasteiger partial charge in [0.1, 0.15) is 10.5 Å². The summed E-state index contributed by atoms with van der Waals surface area (Å²) in [6.45, 7) is 4.28. The summed E-state index contributed by atoms with van der Waals surface area (Å²) in [5, 5.41) is 1.09. The van der Waals surface area contributed by atoms with Gasteiger partial charge >= 0.3 is 0 Å². The Bertz CT molecular complexity index is 1840. The molecule has 3 heteroatoms. The summed E-state index contributed by atoms with van der Waals surface area (Å²) < 4.78 is 1.21. The van der Waals surface area contributed by atoms with Crippen molar-refractivity contribution in [3.8, 4) is 11.1 Å². The predicted molar refractivity (Wildman–Crippen MR) is 179 cm³/mol. The van der Waals surface area contributed by atoms with Crippen LogP contribution < -0.4 is 4.90 Å². The maximum absolute atomic E-state index is 5.27. The third kappa shape index (κ3) is 4.76. The first kappa shape index (κ1) is 26.2. The number of thiazole rings is 1. The van der Waals surface area contributed by atoms with Gasteiger partial charge < -0.3 is 4.90 Å². The number of anilines is 2. The number of rotatable bonds is 6. The lowest BCUT2D eigenvalue weighted by molar-refractivity contribution is 0.546. The number of hydrogen-bond acceptors (Lipinski definition) is 3. The van der Waals surface area contributed by atoms with Crippen LogP contribution in [-0.2, 0) is 5.54 Å². The molecule has 1 heterocycles. The molecule has 2 nitrogen and oxygen atoms in total. The molecule has 0 fully saturated rings. The van der Waals surface area contributed by atoms with E-state index < -0.39 is 5.54 Å². The van der Waals surface area contributed by atoms with Crippen LogP contribution in [0.5, 0.6) is 0 Å². The van der Waals surface area contributed by atoms with E-state index in [0.29, 0.717) is 0 Å². The van der Waals surface area contributed by atoms with Gasteiger partial charge in [0.05, 0.1) is 10.2 Å². The van der Waals surface area contributed by atoms with Gasteiger partial charge in [-0.15, -0.1) is 11.3 Å². The number of fused-ring (bicyclic) bond motifs is 1. The second-order valence-corrected chi connectivity index (χ2v) is 12.1. The first-order valence-electron chi connectivity index (χ1n) is 14.4. The van der Waals surface area contributed by atoms with Crippen LogP contribution in [0.1, 0.15) is 28.1 Å². The van der Waals surface area contributed by atoms with Crippen LogP contribution in [0.4, 0.5) is 11.4 Å². The summed E-state index contributed by atoms with van der Waals surface area (Å²) in [6, 6.07) is 45.6. The summed E-state index contributed by atoms with van der Waals surface area (Å²) >= 11 is 1.79. The largest absolute Gasteiger partial charge is 0.325 e. The van der Waals surface area contributed by atoms with Crippen molar-refractivity contribution in [2.24, 2.45) is 0 Å². The van der Waals surface area contributed by atoms with Crippen molar-refractivity contribution in [1.29, 1.82) is 0 Å². The summed E-state index contributed by atoms with van der Waals surface area (Å²) in [5.41, 5.74) is 10.3. The Hall–Kier alpha value is -4.73. The molecule has 0 N–H and O–H groups in total. The minimum atomic E-state index is -0.501. The molecular weight excluding hydrogens is 529 g/mol. The highest BCUT2D eigenvalue weighted by molar-refractivity contribution is 7.18. The molecule has 0 spiro atoms. The summed E-state index contributed by atoms with van der Waals surface area (Å²) in [5.74, 6) is 0. The highest BCUT2D eigenvalue weighted by atomic mass is 32.1. The molecule has 42 heavy (non-hydrogen) atoms. The van der Waals surface area contributed by atoms with Gasteiger partial charge in [0.2, 0.25) is 0 Å². The zero-order valence-corrected chi connectivity index (χ0v) is 24.7. The molecule has 7 rings (SSSR count). The fourth-order valence-electron chi connectivity index (χ4n) is 5.91. The van der Waals surface area contributed by atoms with Gasteiger partial charge in [0.25, 0.3) is 0 Å². The lowest BCUT2D eigenvalue weighted by atomic mass is 9.83. The summed E-state index contributed by atoms with van der Waals surface area (Å²) in [4.78, 5) is 7.76. The molecule has 0 saturated carbocycles. The molecule has 0 aliphatic heterocycles. The molecule has 1 unspecified atom stereocenters. The third-order valence-electron chi connectivity index (χ3n) is 8.14. The zero-order valence-electron chi connectivity index (χ0n) is 23.9. The molecule has 6 aromatic rings. The highest BCUT2D eigenvalue weighted by Crippen LogP contribution is 2.48. The van der Waals surface area contributed by atoms with E-state index in [9.17, 15) is 0 Å². The van der Waals surface area contributed by atoms with Crippen LogP contribution >= 0.6 is 11.3 Å². The Balaban J connectivity index is 1.41. The molecule has 0 radical (unpaired) electrons. The van der Waals surface area contributed by atoms with Crippen molar-refractivity contribution in [3.05, 3.63) is 167 Å². The molecule has 1 aliphatic rings. The molecule has 1 aliphatic carbocycles. The topological polar surface area (TPSA) is 16.1 Å². The van der Waals surface area contributed by atoms with Gasteiger partial charge in [-0.1, -0.05) is 120 Å². The van der Waals surface area contributed by atoms with Gasteiger partial charge in [-0.3, -0.25) is 0 Å². The van der Waals surface area contributed by atoms with Crippen LogP contribution in [0.15, 0.2) is 146 Å². The van der Waals surface area contributed by atoms with E-state index in [-0.39, 0.29) is 0 Å². The second-order valence-electron chi connectivity index (χ2n) is 11.0. The smallest absolute Gasteiger partial charge is 0.124 e. The average Bonchev–Trinajstić information content (AvgIpc) is 3.49. The first-order chi connectivity index (χ1) is 20.6. The SMILES string of the molecule is Cc1ccc(N(c2ccc(C)cc2)C2(c3nc4ccccc4s3)C=CC(c3ccccc3-c3ccccc3)=CC2)cc1. The van der Waals surface area contributed by atoms with Crippen molar-refractivity contribution < 1.29 is 0 Å². The minimum absolute atomic E-state index is 0.501. The average molecular weight is 561 g/mol. The van der Waals surface area contributed by atoms with Crippen molar-refractivity contribution >= 4 is 38.5 Å². The van der Waals surface area contributed by atoms with Gasteiger partial charge in [-0.2, -0.15) is 0 Å². The quantitative estimate of drug-likeness (QED) is 0.201. The number of hydrogen-bond donors (Lipinski definition) is 0. The molecule has 0 saturated heterocycles. The van der Waals surface area contributed by atoms with Crippen molar-refractivity contribution in [2.45, 2.75) is 25.8 Å². The summed E-state index contributed by atoms with van der Waals surface area (Å²) in [6.07, 6.45) is 7.89. The summed E-state index contributed by atoms with van der Waals surface area (Å²) in [7, 11) is 0. The van der Waals surface area contributed by atoms with Crippen LogP contribution in [0.25, 0.3) is 26.9 Å². The standard InChI is InChI=1S/C39H32N2S/c1-28-16-20-32(21-17-28)41(33-22-18-29(2)19-23-33)39(38-40-36-14-8-9-15-37(36)42-38)26-24-31(25-27-39)35-13-7-6-12-34(35)30-10-4-3-5-11-30/h3-26H,27H2,1-2H3. The van der Waals surface area contributed by atoms with Crippen LogP contribution in [0, 0.1) is 13.8 Å².